The number of hydrogen-bond donors (Lipinski definition) is 1. The van der Waals surface area contributed by atoms with Gasteiger partial charge in [-0.2, -0.15) is 5.10 Å². The van der Waals surface area contributed by atoms with Crippen molar-refractivity contribution in [1.82, 2.24) is 10.3 Å². The summed E-state index contributed by atoms with van der Waals surface area (Å²) in [6, 6.07) is 10.5. The van der Waals surface area contributed by atoms with Crippen LogP contribution in [0.4, 0.5) is 0 Å². The highest BCUT2D eigenvalue weighted by Gasteiger charge is 2.43. The molecular weight excluding hydrogens is 318 g/mol. The van der Waals surface area contributed by atoms with Crippen LogP contribution in [0, 0.1) is 11.8 Å². The lowest BCUT2D eigenvalue weighted by Gasteiger charge is -2.26. The average molecular weight is 343 g/mol. The Balaban J connectivity index is 1.37. The lowest BCUT2D eigenvalue weighted by Crippen LogP contribution is -2.43. The zero-order chi connectivity index (χ0) is 17.2. The van der Waals surface area contributed by atoms with Crippen molar-refractivity contribution >= 4 is 11.7 Å². The summed E-state index contributed by atoms with van der Waals surface area (Å²) < 4.78 is 11.2. The summed E-state index contributed by atoms with van der Waals surface area (Å²) >= 11 is 0. The molecule has 3 aliphatic rings. The Morgan fingerprint density at radius 3 is 3.00 bits per heavy atom. The van der Waals surface area contributed by atoms with E-state index in [1.165, 1.54) is 5.56 Å². The highest BCUT2D eigenvalue weighted by atomic mass is 16.5. The van der Waals surface area contributed by atoms with Crippen molar-refractivity contribution in [1.29, 1.82) is 0 Å². The van der Waals surface area contributed by atoms with Gasteiger partial charge in [0.15, 0.2) is 0 Å². The molecule has 0 aromatic heterocycles. The van der Waals surface area contributed by atoms with Gasteiger partial charge in [-0.25, -0.2) is 0 Å². The Kier molecular flexibility index (Phi) is 4.72. The van der Waals surface area contributed by atoms with Crippen molar-refractivity contribution in [2.45, 2.75) is 38.5 Å². The second-order valence-corrected chi connectivity index (χ2v) is 7.21. The van der Waals surface area contributed by atoms with Gasteiger partial charge in [-0.15, -0.1) is 0 Å². The standard InChI is InChI=1S/C19H25N3O3/c1-13-9-17(21-22(13)10-14-5-3-2-4-6-14)20-19(23)18-16-7-8-24-11-15(16)12-25-18/h2-6,13,15-16,18H,7-12H2,1H3,(H,20,21,23)/t13?,15-,16-,18+/m0/s1. The first-order chi connectivity index (χ1) is 12.2. The Morgan fingerprint density at radius 2 is 2.16 bits per heavy atom. The zero-order valence-corrected chi connectivity index (χ0v) is 14.6. The van der Waals surface area contributed by atoms with Crippen LogP contribution in [-0.2, 0) is 20.8 Å². The van der Waals surface area contributed by atoms with Crippen LogP contribution in [0.5, 0.6) is 0 Å². The number of benzene rings is 1. The number of hydrazone groups is 1. The van der Waals surface area contributed by atoms with E-state index in [9.17, 15) is 4.79 Å². The van der Waals surface area contributed by atoms with Crippen LogP contribution in [0.3, 0.4) is 0 Å². The fourth-order valence-electron chi connectivity index (χ4n) is 3.94. The Hall–Kier alpha value is -1.92. The molecule has 4 atom stereocenters. The number of fused-ring (bicyclic) bond motifs is 1. The third-order valence-electron chi connectivity index (χ3n) is 5.37. The van der Waals surface area contributed by atoms with E-state index in [2.05, 4.69) is 29.5 Å². The molecule has 1 aromatic carbocycles. The molecule has 1 aromatic rings. The average Bonchev–Trinajstić information content (AvgIpc) is 3.19. The molecule has 0 aliphatic carbocycles. The van der Waals surface area contributed by atoms with Crippen LogP contribution in [0.1, 0.15) is 25.3 Å². The number of ether oxygens (including phenoxy) is 2. The number of nitrogens with one attached hydrogen (secondary N) is 1. The maximum atomic E-state index is 12.7. The first-order valence-corrected chi connectivity index (χ1v) is 9.09. The molecule has 4 rings (SSSR count). The van der Waals surface area contributed by atoms with Crippen LogP contribution < -0.4 is 5.32 Å². The summed E-state index contributed by atoms with van der Waals surface area (Å²) in [7, 11) is 0. The van der Waals surface area contributed by atoms with Gasteiger partial charge in [0.1, 0.15) is 11.9 Å². The molecule has 6 nitrogen and oxygen atoms in total. The third kappa shape index (κ3) is 3.55. The zero-order valence-electron chi connectivity index (χ0n) is 14.6. The molecule has 2 saturated heterocycles. The van der Waals surface area contributed by atoms with Crippen molar-refractivity contribution in [3.63, 3.8) is 0 Å². The van der Waals surface area contributed by atoms with Gasteiger partial charge >= 0.3 is 0 Å². The van der Waals surface area contributed by atoms with E-state index in [4.69, 9.17) is 9.47 Å². The molecule has 3 aliphatic heterocycles. The molecule has 2 fully saturated rings. The molecule has 1 N–H and O–H groups in total. The highest BCUT2D eigenvalue weighted by Crippen LogP contribution is 2.33. The second-order valence-electron chi connectivity index (χ2n) is 7.21. The maximum absolute atomic E-state index is 12.7. The molecule has 0 saturated carbocycles. The van der Waals surface area contributed by atoms with E-state index in [1.807, 2.05) is 23.2 Å². The summed E-state index contributed by atoms with van der Waals surface area (Å²) in [5.41, 5.74) is 1.22. The normalized spacial score (nSPS) is 31.6. The fourth-order valence-corrected chi connectivity index (χ4v) is 3.94. The van der Waals surface area contributed by atoms with E-state index in [1.54, 1.807) is 0 Å². The quantitative estimate of drug-likeness (QED) is 0.908. The van der Waals surface area contributed by atoms with Gasteiger partial charge in [0, 0.05) is 24.9 Å². The summed E-state index contributed by atoms with van der Waals surface area (Å²) in [6.45, 7) is 4.93. The van der Waals surface area contributed by atoms with E-state index in [-0.39, 0.29) is 24.0 Å². The molecule has 25 heavy (non-hydrogen) atoms. The van der Waals surface area contributed by atoms with E-state index in [0.717, 1.165) is 31.8 Å². The minimum atomic E-state index is -0.366. The van der Waals surface area contributed by atoms with Crippen molar-refractivity contribution in [2.24, 2.45) is 16.9 Å². The number of amidine groups is 1. The summed E-state index contributed by atoms with van der Waals surface area (Å²) in [6.07, 6.45) is 1.28. The van der Waals surface area contributed by atoms with Crippen molar-refractivity contribution in [3.8, 4) is 0 Å². The summed E-state index contributed by atoms with van der Waals surface area (Å²) in [5, 5.41) is 9.66. The Labute approximate surface area is 148 Å². The van der Waals surface area contributed by atoms with Crippen LogP contribution >= 0.6 is 0 Å². The van der Waals surface area contributed by atoms with Gasteiger partial charge in [0.05, 0.1) is 25.8 Å². The van der Waals surface area contributed by atoms with Crippen molar-refractivity contribution in [3.05, 3.63) is 35.9 Å². The van der Waals surface area contributed by atoms with Gasteiger partial charge in [-0.1, -0.05) is 30.3 Å². The number of carbonyl (C=O) groups is 1. The fraction of sp³-hybridized carbons (Fsp3) is 0.579. The molecular formula is C19H25N3O3. The lowest BCUT2D eigenvalue weighted by molar-refractivity contribution is -0.130. The molecule has 1 unspecified atom stereocenters. The molecule has 3 heterocycles. The molecule has 6 heteroatoms. The molecule has 1 amide bonds. The Morgan fingerprint density at radius 1 is 1.32 bits per heavy atom. The number of nitrogens with zero attached hydrogens (tertiary/aromatic N) is 2. The number of amides is 1. The van der Waals surface area contributed by atoms with Gasteiger partial charge in [0.2, 0.25) is 0 Å². The lowest BCUT2D eigenvalue weighted by atomic mass is 9.86. The van der Waals surface area contributed by atoms with E-state index < -0.39 is 0 Å². The van der Waals surface area contributed by atoms with Gasteiger partial charge in [-0.3, -0.25) is 9.80 Å². The molecule has 0 bridgehead atoms. The molecule has 134 valence electrons. The summed E-state index contributed by atoms with van der Waals surface area (Å²) in [5.74, 6) is 1.31. The second kappa shape index (κ2) is 7.14. The van der Waals surface area contributed by atoms with Crippen LogP contribution in [0.25, 0.3) is 0 Å². The van der Waals surface area contributed by atoms with Crippen LogP contribution in [0.15, 0.2) is 35.4 Å². The topological polar surface area (TPSA) is 63.2 Å². The maximum Gasteiger partial charge on any atom is 0.254 e. The number of rotatable bonds is 3. The minimum absolute atomic E-state index is 0.0538. The molecule has 0 spiro atoms. The van der Waals surface area contributed by atoms with Gasteiger partial charge in [-0.05, 0) is 18.9 Å². The van der Waals surface area contributed by atoms with Crippen molar-refractivity contribution in [2.75, 3.05) is 19.8 Å². The predicted octanol–water partition coefficient (Wildman–Crippen LogP) is 1.76. The van der Waals surface area contributed by atoms with E-state index in [0.29, 0.717) is 19.1 Å². The molecule has 0 radical (unpaired) electrons. The predicted molar refractivity (Wildman–Crippen MR) is 93.8 cm³/mol. The van der Waals surface area contributed by atoms with Crippen LogP contribution in [0.2, 0.25) is 0 Å². The SMILES string of the molecule is CC1CC(NC(=O)[C@@H]2OC[C@@H]3COCC[C@@H]32)=NN1Cc1ccccc1. The summed E-state index contributed by atoms with van der Waals surface area (Å²) in [4.78, 5) is 12.7. The van der Waals surface area contributed by atoms with Gasteiger partial charge in [0.25, 0.3) is 5.91 Å². The monoisotopic (exact) mass is 343 g/mol. The van der Waals surface area contributed by atoms with E-state index >= 15 is 0 Å². The third-order valence-corrected chi connectivity index (χ3v) is 5.37. The highest BCUT2D eigenvalue weighted by molar-refractivity contribution is 6.00. The minimum Gasteiger partial charge on any atom is -0.381 e. The van der Waals surface area contributed by atoms with Crippen LogP contribution in [-0.4, -0.2) is 48.7 Å². The largest absolute Gasteiger partial charge is 0.381 e. The van der Waals surface area contributed by atoms with Gasteiger partial charge < -0.3 is 14.8 Å². The smallest absolute Gasteiger partial charge is 0.254 e. The first-order valence-electron chi connectivity index (χ1n) is 9.09. The number of carbonyl (C=O) groups excluding carboxylic acids is 1. The van der Waals surface area contributed by atoms with Crippen molar-refractivity contribution < 1.29 is 14.3 Å². The number of hydrogen-bond acceptors (Lipinski definition) is 5. The first kappa shape index (κ1) is 16.5. The Bertz CT molecular complexity index is 649.